The first-order chi connectivity index (χ1) is 12.7. The number of pyridine rings is 1. The van der Waals surface area contributed by atoms with Gasteiger partial charge in [0.25, 0.3) is 0 Å². The first-order valence-corrected chi connectivity index (χ1v) is 9.33. The van der Waals surface area contributed by atoms with Crippen molar-refractivity contribution in [3.05, 3.63) is 53.9 Å². The van der Waals surface area contributed by atoms with E-state index in [1.54, 1.807) is 13.3 Å². The van der Waals surface area contributed by atoms with Crippen LogP contribution in [0.15, 0.2) is 42.6 Å². The fourth-order valence-corrected chi connectivity index (χ4v) is 3.27. The Morgan fingerprint density at radius 3 is 2.77 bits per heavy atom. The van der Waals surface area contributed by atoms with Gasteiger partial charge in [-0.25, -0.2) is 0 Å². The van der Waals surface area contributed by atoms with E-state index < -0.39 is 0 Å². The van der Waals surface area contributed by atoms with Gasteiger partial charge in [-0.2, -0.15) is 0 Å². The number of benzene rings is 1. The minimum absolute atomic E-state index is 0.467. The Balaban J connectivity index is 1.57. The van der Waals surface area contributed by atoms with Crippen molar-refractivity contribution in [3.63, 3.8) is 0 Å². The smallest absolute Gasteiger partial charge is 0.130 e. The second kappa shape index (κ2) is 9.55. The SMILES string of the molecule is COc1ccc(OCc2ccccn2)c(CNCC2CCN(C)CC2)c1. The Hall–Kier alpha value is -2.11. The van der Waals surface area contributed by atoms with Crippen LogP contribution >= 0.6 is 0 Å². The summed E-state index contributed by atoms with van der Waals surface area (Å²) in [6.07, 6.45) is 4.33. The number of aromatic nitrogens is 1. The largest absolute Gasteiger partial charge is 0.497 e. The third-order valence-electron chi connectivity index (χ3n) is 4.96. The van der Waals surface area contributed by atoms with Crippen LogP contribution in [-0.2, 0) is 13.2 Å². The maximum Gasteiger partial charge on any atom is 0.130 e. The lowest BCUT2D eigenvalue weighted by Crippen LogP contribution is -2.34. The highest BCUT2D eigenvalue weighted by Crippen LogP contribution is 2.25. The predicted octanol–water partition coefficient (Wildman–Crippen LogP) is 3.10. The van der Waals surface area contributed by atoms with Crippen molar-refractivity contribution in [2.45, 2.75) is 26.0 Å². The summed E-state index contributed by atoms with van der Waals surface area (Å²) in [5, 5.41) is 3.61. The normalized spacial score (nSPS) is 15.8. The van der Waals surface area contributed by atoms with E-state index in [4.69, 9.17) is 9.47 Å². The molecule has 0 bridgehead atoms. The highest BCUT2D eigenvalue weighted by molar-refractivity contribution is 5.40. The van der Waals surface area contributed by atoms with E-state index in [2.05, 4.69) is 28.3 Å². The topological polar surface area (TPSA) is 46.6 Å². The highest BCUT2D eigenvalue weighted by atomic mass is 16.5. The molecule has 1 N–H and O–H groups in total. The van der Waals surface area contributed by atoms with E-state index in [-0.39, 0.29) is 0 Å². The number of nitrogens with one attached hydrogen (secondary N) is 1. The summed E-state index contributed by atoms with van der Waals surface area (Å²) in [7, 11) is 3.89. The lowest BCUT2D eigenvalue weighted by Gasteiger charge is -2.29. The Morgan fingerprint density at radius 1 is 1.19 bits per heavy atom. The van der Waals surface area contributed by atoms with E-state index in [0.717, 1.165) is 41.8 Å². The van der Waals surface area contributed by atoms with Crippen molar-refractivity contribution in [3.8, 4) is 11.5 Å². The molecule has 0 aliphatic carbocycles. The zero-order valence-corrected chi connectivity index (χ0v) is 15.8. The third kappa shape index (κ3) is 5.44. The average Bonchev–Trinajstić information content (AvgIpc) is 2.69. The molecule has 2 aromatic rings. The van der Waals surface area contributed by atoms with Crippen LogP contribution in [0.25, 0.3) is 0 Å². The van der Waals surface area contributed by atoms with Gasteiger partial charge in [0.05, 0.1) is 12.8 Å². The number of ether oxygens (including phenoxy) is 2. The van der Waals surface area contributed by atoms with Crippen LogP contribution in [0.4, 0.5) is 0 Å². The molecule has 5 heteroatoms. The van der Waals surface area contributed by atoms with Gasteiger partial charge in [0, 0.05) is 18.3 Å². The standard InChI is InChI=1S/C21H29N3O2/c1-24-11-8-17(9-12-24)14-22-15-18-13-20(25-2)6-7-21(18)26-16-19-5-3-4-10-23-19/h3-7,10,13,17,22H,8-9,11-12,14-16H2,1-2H3. The molecule has 1 aromatic heterocycles. The second-order valence-corrected chi connectivity index (χ2v) is 6.96. The van der Waals surface area contributed by atoms with Crippen LogP contribution in [0, 0.1) is 5.92 Å². The maximum atomic E-state index is 6.01. The molecule has 1 saturated heterocycles. The van der Waals surface area contributed by atoms with Gasteiger partial charge >= 0.3 is 0 Å². The van der Waals surface area contributed by atoms with Gasteiger partial charge in [0.1, 0.15) is 18.1 Å². The summed E-state index contributed by atoms with van der Waals surface area (Å²) < 4.78 is 11.4. The minimum atomic E-state index is 0.467. The van der Waals surface area contributed by atoms with E-state index in [9.17, 15) is 0 Å². The fraction of sp³-hybridized carbons (Fsp3) is 0.476. The lowest BCUT2D eigenvalue weighted by molar-refractivity contribution is 0.215. The molecule has 2 heterocycles. The van der Waals surface area contributed by atoms with Crippen LogP contribution in [-0.4, -0.2) is 43.7 Å². The second-order valence-electron chi connectivity index (χ2n) is 6.96. The fourth-order valence-electron chi connectivity index (χ4n) is 3.27. The molecule has 0 spiro atoms. The molecule has 5 nitrogen and oxygen atoms in total. The maximum absolute atomic E-state index is 6.01. The van der Waals surface area contributed by atoms with Gasteiger partial charge in [-0.3, -0.25) is 4.98 Å². The minimum Gasteiger partial charge on any atom is -0.497 e. The van der Waals surface area contributed by atoms with E-state index in [0.29, 0.717) is 6.61 Å². The zero-order valence-electron chi connectivity index (χ0n) is 15.8. The molecule has 26 heavy (non-hydrogen) atoms. The number of methoxy groups -OCH3 is 1. The monoisotopic (exact) mass is 355 g/mol. The number of nitrogens with zero attached hydrogens (tertiary/aromatic N) is 2. The molecular weight excluding hydrogens is 326 g/mol. The van der Waals surface area contributed by atoms with Crippen LogP contribution in [0.2, 0.25) is 0 Å². The summed E-state index contributed by atoms with van der Waals surface area (Å²) >= 11 is 0. The van der Waals surface area contributed by atoms with Crippen molar-refractivity contribution in [1.82, 2.24) is 15.2 Å². The van der Waals surface area contributed by atoms with Gasteiger partial charge < -0.3 is 19.7 Å². The number of hydrogen-bond acceptors (Lipinski definition) is 5. The molecular formula is C21H29N3O2. The number of likely N-dealkylation sites (tertiary alicyclic amines) is 1. The van der Waals surface area contributed by atoms with Gasteiger partial charge in [-0.05, 0) is 75.8 Å². The van der Waals surface area contributed by atoms with Crippen molar-refractivity contribution in [2.24, 2.45) is 5.92 Å². The number of piperidine rings is 1. The molecule has 1 aliphatic rings. The van der Waals surface area contributed by atoms with Gasteiger partial charge in [-0.1, -0.05) is 6.07 Å². The molecule has 1 fully saturated rings. The first kappa shape index (κ1) is 18.7. The van der Waals surface area contributed by atoms with Gasteiger partial charge in [0.15, 0.2) is 0 Å². The number of hydrogen-bond donors (Lipinski definition) is 1. The quantitative estimate of drug-likeness (QED) is 0.788. The van der Waals surface area contributed by atoms with Gasteiger partial charge in [-0.15, -0.1) is 0 Å². The molecule has 0 amide bonds. The first-order valence-electron chi connectivity index (χ1n) is 9.33. The summed E-state index contributed by atoms with van der Waals surface area (Å²) in [5.74, 6) is 2.49. The van der Waals surface area contributed by atoms with Crippen molar-refractivity contribution < 1.29 is 9.47 Å². The van der Waals surface area contributed by atoms with Crippen molar-refractivity contribution >= 4 is 0 Å². The van der Waals surface area contributed by atoms with E-state index >= 15 is 0 Å². The molecule has 140 valence electrons. The predicted molar refractivity (Wildman–Crippen MR) is 103 cm³/mol. The van der Waals surface area contributed by atoms with Crippen molar-refractivity contribution in [2.75, 3.05) is 33.8 Å². The third-order valence-corrected chi connectivity index (χ3v) is 4.96. The van der Waals surface area contributed by atoms with Crippen LogP contribution in [0.3, 0.4) is 0 Å². The average molecular weight is 355 g/mol. The van der Waals surface area contributed by atoms with E-state index in [1.807, 2.05) is 30.3 Å². The Bertz CT molecular complexity index is 670. The summed E-state index contributed by atoms with van der Waals surface area (Å²) in [4.78, 5) is 6.72. The summed E-state index contributed by atoms with van der Waals surface area (Å²) in [5.41, 5.74) is 2.04. The summed E-state index contributed by atoms with van der Waals surface area (Å²) in [6, 6.07) is 11.8. The van der Waals surface area contributed by atoms with Crippen LogP contribution in [0.1, 0.15) is 24.1 Å². The molecule has 0 unspecified atom stereocenters. The van der Waals surface area contributed by atoms with Crippen molar-refractivity contribution in [1.29, 1.82) is 0 Å². The number of rotatable bonds is 8. The Kier molecular flexibility index (Phi) is 6.86. The molecule has 0 atom stereocenters. The Labute approximate surface area is 156 Å². The molecule has 3 rings (SSSR count). The lowest BCUT2D eigenvalue weighted by atomic mass is 9.97. The van der Waals surface area contributed by atoms with Crippen LogP contribution < -0.4 is 14.8 Å². The molecule has 0 radical (unpaired) electrons. The molecule has 1 aromatic carbocycles. The zero-order chi connectivity index (χ0) is 18.2. The van der Waals surface area contributed by atoms with Gasteiger partial charge in [0.2, 0.25) is 0 Å². The summed E-state index contributed by atoms with van der Waals surface area (Å²) in [6.45, 7) is 4.69. The highest BCUT2D eigenvalue weighted by Gasteiger charge is 2.16. The Morgan fingerprint density at radius 2 is 2.04 bits per heavy atom. The van der Waals surface area contributed by atoms with Crippen LogP contribution in [0.5, 0.6) is 11.5 Å². The van der Waals surface area contributed by atoms with E-state index in [1.165, 1.54) is 25.9 Å². The molecule has 1 aliphatic heterocycles. The molecule has 0 saturated carbocycles.